The van der Waals surface area contributed by atoms with Crippen LogP contribution >= 0.6 is 0 Å². The second kappa shape index (κ2) is 16.0. The van der Waals surface area contributed by atoms with Crippen molar-refractivity contribution in [2.24, 2.45) is 17.4 Å². The average molecular weight is 883 g/mol. The van der Waals surface area contributed by atoms with Gasteiger partial charge in [0.15, 0.2) is 23.2 Å². The number of aromatic nitrogens is 2. The van der Waals surface area contributed by atoms with Crippen molar-refractivity contribution in [1.82, 2.24) is 9.55 Å². The molecule has 4 aliphatic heterocycles. The molecule has 18 nitrogen and oxygen atoms in total. The molecule has 2 aromatic heterocycles. The number of ether oxygens (including phenoxy) is 7. The van der Waals surface area contributed by atoms with E-state index in [-0.39, 0.29) is 44.1 Å². The highest BCUT2D eigenvalue weighted by Crippen LogP contribution is 2.61. The molecule has 1 saturated heterocycles. The summed E-state index contributed by atoms with van der Waals surface area (Å²) in [6.45, 7) is 0.0602. The molecule has 338 valence electrons. The minimum Gasteiger partial charge on any atom is -0.493 e. The number of H-pyrrole nitrogens is 1. The average Bonchev–Trinajstić information content (AvgIpc) is 3.96. The Balaban J connectivity index is 1.13. The molecule has 0 spiro atoms. The number of nitrogens with zero attached hydrogens (tertiary/aromatic N) is 1. The Morgan fingerprint density at radius 1 is 1.05 bits per heavy atom. The number of carboxylic acids is 1. The molecule has 1 saturated carbocycles. The predicted molar refractivity (Wildman–Crippen MR) is 224 cm³/mol. The van der Waals surface area contributed by atoms with Gasteiger partial charge in [-0.25, -0.2) is 0 Å². The van der Waals surface area contributed by atoms with E-state index in [9.17, 15) is 35.1 Å². The molecule has 64 heavy (non-hydrogen) atoms. The van der Waals surface area contributed by atoms with Gasteiger partial charge in [0.05, 0.1) is 31.3 Å². The highest BCUT2D eigenvalue weighted by atomic mass is 16.7. The van der Waals surface area contributed by atoms with Crippen molar-refractivity contribution in [2.45, 2.75) is 98.7 Å². The Kier molecular flexibility index (Phi) is 10.5. The van der Waals surface area contributed by atoms with Crippen LogP contribution in [0.3, 0.4) is 0 Å². The summed E-state index contributed by atoms with van der Waals surface area (Å²) in [4.78, 5) is 27.3. The summed E-state index contributed by atoms with van der Waals surface area (Å²) in [5.74, 6) is -1.80. The van der Waals surface area contributed by atoms with Gasteiger partial charge in [0.25, 0.3) is 0 Å². The maximum Gasteiger partial charge on any atom is 0.317 e. The molecule has 0 unspecified atom stereocenters. The SMILES string of the molecule is COc1ccc2c(c1OCCO)O[C@H]1c3c(cc4c(c3Cn3cc5cc[nH]c5c3)C[C@H]3CC[C@@]5(O)[C@@H]([C@H](OC(=O)CC(=O)O)C(N)N)O[C@@H](O4)[C@]3(O)[C@H]5O)O[C@H](Cc3ccccc3)[C@@H]21. The van der Waals surface area contributed by atoms with Crippen LogP contribution in [0.15, 0.2) is 73.2 Å². The van der Waals surface area contributed by atoms with E-state index >= 15 is 0 Å². The molecule has 6 heterocycles. The Bertz CT molecular complexity index is 2570. The number of nitrogens with one attached hydrogen (secondary N) is 1. The van der Waals surface area contributed by atoms with Gasteiger partial charge in [0, 0.05) is 65.6 Å². The number of aliphatic carboxylic acids is 1. The zero-order valence-electron chi connectivity index (χ0n) is 34.8. The number of hydrogen-bond acceptors (Lipinski definition) is 15. The molecule has 5 aromatic rings. The van der Waals surface area contributed by atoms with Crippen LogP contribution < -0.4 is 35.2 Å². The monoisotopic (exact) mass is 882 g/mol. The molecule has 10 N–H and O–H groups in total. The maximum atomic E-state index is 12.7. The normalized spacial score (nSPS) is 28.9. The summed E-state index contributed by atoms with van der Waals surface area (Å²) in [5.41, 5.74) is 12.7. The van der Waals surface area contributed by atoms with Crippen LogP contribution in [-0.2, 0) is 38.4 Å². The van der Waals surface area contributed by atoms with Gasteiger partial charge in [-0.05, 0) is 42.5 Å². The number of aromatic amines is 1. The maximum absolute atomic E-state index is 12.7. The molecule has 2 bridgehead atoms. The lowest BCUT2D eigenvalue weighted by molar-refractivity contribution is -0.384. The minimum absolute atomic E-state index is 0.00101. The lowest BCUT2D eigenvalue weighted by Gasteiger charge is -2.60. The number of rotatable bonds is 13. The first-order valence-electron chi connectivity index (χ1n) is 21.3. The number of fused-ring (bicyclic) bond motifs is 8. The van der Waals surface area contributed by atoms with Gasteiger partial charge in [-0.15, -0.1) is 0 Å². The van der Waals surface area contributed by atoms with E-state index in [2.05, 4.69) is 4.98 Å². The zero-order valence-corrected chi connectivity index (χ0v) is 34.8. The van der Waals surface area contributed by atoms with Crippen molar-refractivity contribution in [2.75, 3.05) is 20.3 Å². The van der Waals surface area contributed by atoms with Crippen LogP contribution in [0.5, 0.6) is 28.7 Å². The van der Waals surface area contributed by atoms with Crippen molar-refractivity contribution in [3.63, 3.8) is 0 Å². The van der Waals surface area contributed by atoms with Gasteiger partial charge in [0.1, 0.15) is 54.5 Å². The van der Waals surface area contributed by atoms with Crippen LogP contribution in [-0.4, -0.2) is 115 Å². The van der Waals surface area contributed by atoms with E-state index in [0.717, 1.165) is 33.2 Å². The van der Waals surface area contributed by atoms with Crippen LogP contribution in [0.1, 0.15) is 59.1 Å². The van der Waals surface area contributed by atoms with Crippen molar-refractivity contribution < 1.29 is 68.3 Å². The Hall–Kier alpha value is -5.86. The van der Waals surface area contributed by atoms with Crippen molar-refractivity contribution in [3.05, 3.63) is 101 Å². The van der Waals surface area contributed by atoms with Gasteiger partial charge < -0.3 is 79.7 Å². The van der Waals surface area contributed by atoms with Crippen molar-refractivity contribution >= 4 is 22.8 Å². The van der Waals surface area contributed by atoms with Crippen LogP contribution in [0.25, 0.3) is 10.9 Å². The summed E-state index contributed by atoms with van der Waals surface area (Å²) >= 11 is 0. The standard InChI is InChI=1S/C46H50N4O14/c1-58-29-8-7-25-35-31(15-22-5-3-2-4-6-22)60-32-17-30-26(27(20-50-19-23-10-12-49-28(23)21-50)36(32)39(35)63-37(25)38(29)59-14-13-51)16-24-9-11-45(56)41(64-44(61-30)46(24,57)43(45)55)40(42(47)48)62-34(54)18-33(52)53/h2-8,10,12,17,19,21,24,31,35,39-44,49,51,55-57H,9,11,13-16,18,20,47-48H2,1H3,(H,52,53)/t24-,31-,35-,39-,40+,41-,43+,44-,45-,46-/m1/s1. The van der Waals surface area contributed by atoms with Gasteiger partial charge in [-0.1, -0.05) is 36.4 Å². The fourth-order valence-corrected chi connectivity index (χ4v) is 10.7. The third-order valence-electron chi connectivity index (χ3n) is 13.6. The Labute approximate surface area is 366 Å². The van der Waals surface area contributed by atoms with Gasteiger partial charge >= 0.3 is 11.9 Å². The molecule has 0 radical (unpaired) electrons. The summed E-state index contributed by atoms with van der Waals surface area (Å²) in [5, 5.41) is 57.1. The van der Waals surface area contributed by atoms with E-state index in [4.69, 9.17) is 44.6 Å². The number of carboxylic acid groups (broad SMARTS) is 1. The molecular weight excluding hydrogens is 833 g/mol. The van der Waals surface area contributed by atoms with Crippen molar-refractivity contribution in [1.29, 1.82) is 0 Å². The van der Waals surface area contributed by atoms with E-state index in [1.165, 1.54) is 7.11 Å². The molecule has 2 fully saturated rings. The topological polar surface area (TPSA) is 273 Å². The predicted octanol–water partition coefficient (Wildman–Crippen LogP) is 2.14. The quantitative estimate of drug-likeness (QED) is 0.0478. The summed E-state index contributed by atoms with van der Waals surface area (Å²) in [6, 6.07) is 17.4. The fraction of sp³-hybridized carbons (Fsp3) is 0.435. The first-order valence-corrected chi connectivity index (χ1v) is 21.3. The summed E-state index contributed by atoms with van der Waals surface area (Å²) < 4.78 is 46.6. The molecule has 0 amide bonds. The largest absolute Gasteiger partial charge is 0.493 e. The molecule has 10 atom stereocenters. The van der Waals surface area contributed by atoms with Crippen LogP contribution in [0.4, 0.5) is 0 Å². The number of methoxy groups -OCH3 is 1. The Morgan fingerprint density at radius 2 is 1.86 bits per heavy atom. The molecular formula is C46H50N4O14. The smallest absolute Gasteiger partial charge is 0.317 e. The second-order valence-electron chi connectivity index (χ2n) is 17.3. The summed E-state index contributed by atoms with van der Waals surface area (Å²) in [6.07, 6.45) is -4.02. The third-order valence-corrected chi connectivity index (χ3v) is 13.6. The van der Waals surface area contributed by atoms with E-state index in [0.29, 0.717) is 41.5 Å². The highest BCUT2D eigenvalue weighted by molar-refractivity contribution is 5.90. The molecule has 10 rings (SSSR count). The fourth-order valence-electron chi connectivity index (χ4n) is 10.7. The molecule has 1 aliphatic carbocycles. The molecule has 3 aromatic carbocycles. The first-order chi connectivity index (χ1) is 30.8. The number of aliphatic hydroxyl groups is 4. The lowest BCUT2D eigenvalue weighted by Crippen LogP contribution is -2.80. The van der Waals surface area contributed by atoms with E-state index < -0.39 is 78.5 Å². The number of carbonyl (C=O) groups excluding carboxylic acids is 1. The second-order valence-corrected chi connectivity index (χ2v) is 17.3. The lowest BCUT2D eigenvalue weighted by atomic mass is 9.60. The van der Waals surface area contributed by atoms with Gasteiger partial charge in [-0.2, -0.15) is 0 Å². The number of hydrogen-bond donors (Lipinski definition) is 8. The minimum atomic E-state index is -2.25. The van der Waals surface area contributed by atoms with E-state index in [1.54, 1.807) is 6.07 Å². The number of esters is 1. The molecule has 18 heteroatoms. The summed E-state index contributed by atoms with van der Waals surface area (Å²) in [7, 11) is 1.54. The molecule has 5 aliphatic rings. The van der Waals surface area contributed by atoms with E-state index in [1.807, 2.05) is 71.7 Å². The Morgan fingerprint density at radius 3 is 2.59 bits per heavy atom. The zero-order chi connectivity index (χ0) is 44.7. The number of aliphatic hydroxyl groups excluding tert-OH is 2. The number of carbonyl (C=O) groups is 2. The van der Waals surface area contributed by atoms with Crippen LogP contribution in [0.2, 0.25) is 0 Å². The van der Waals surface area contributed by atoms with Crippen molar-refractivity contribution in [3.8, 4) is 28.7 Å². The number of benzene rings is 3. The first kappa shape index (κ1) is 42.1. The van der Waals surface area contributed by atoms with Crippen LogP contribution in [0, 0.1) is 5.92 Å². The third kappa shape index (κ3) is 6.74. The van der Waals surface area contributed by atoms with Gasteiger partial charge in [-0.3, -0.25) is 9.59 Å². The highest BCUT2D eigenvalue weighted by Gasteiger charge is 2.71. The number of nitrogens with two attached hydrogens (primary N) is 2. The van der Waals surface area contributed by atoms with Gasteiger partial charge in [0.2, 0.25) is 12.0 Å².